The number of furan rings is 1. The van der Waals surface area contributed by atoms with Gasteiger partial charge >= 0.3 is 18.3 Å². The van der Waals surface area contributed by atoms with Crippen LogP contribution in [0.15, 0.2) is 59.5 Å². The maximum absolute atomic E-state index is 13.9. The van der Waals surface area contributed by atoms with Crippen LogP contribution in [0.5, 0.6) is 5.75 Å². The van der Waals surface area contributed by atoms with Gasteiger partial charge in [-0.25, -0.2) is 4.79 Å². The van der Waals surface area contributed by atoms with Crippen molar-refractivity contribution in [2.75, 3.05) is 0 Å². The van der Waals surface area contributed by atoms with Crippen molar-refractivity contribution in [1.82, 2.24) is 0 Å². The number of ether oxygens (including phenoxy) is 2. The molecule has 3 atom stereocenters. The number of alkyl halides is 6. The summed E-state index contributed by atoms with van der Waals surface area (Å²) < 4.78 is 99.5. The third-order valence-electron chi connectivity index (χ3n) is 6.85. The number of hydrogen-bond acceptors (Lipinski definition) is 4. The van der Waals surface area contributed by atoms with Crippen LogP contribution in [0.4, 0.5) is 26.3 Å². The van der Waals surface area contributed by atoms with E-state index in [0.29, 0.717) is 17.4 Å². The predicted molar refractivity (Wildman–Crippen MR) is 133 cm³/mol. The number of aryl methyl sites for hydroxylation is 1. The molecule has 0 aliphatic heterocycles. The van der Waals surface area contributed by atoms with E-state index < -0.39 is 42.0 Å². The zero-order valence-corrected chi connectivity index (χ0v) is 21.2. The van der Waals surface area contributed by atoms with Crippen LogP contribution in [-0.4, -0.2) is 24.4 Å². The largest absolute Gasteiger partial charge is 0.489 e. The Hall–Kier alpha value is -3.43. The highest BCUT2D eigenvalue weighted by Gasteiger charge is 2.55. The minimum atomic E-state index is -4.69. The van der Waals surface area contributed by atoms with E-state index in [1.807, 2.05) is 6.92 Å². The van der Waals surface area contributed by atoms with Gasteiger partial charge in [-0.15, -0.1) is 0 Å². The number of fused-ring (bicyclic) bond motifs is 1. The number of carbonyl (C=O) groups is 1. The van der Waals surface area contributed by atoms with Crippen LogP contribution in [0.3, 0.4) is 0 Å². The molecule has 0 radical (unpaired) electrons. The lowest BCUT2D eigenvalue weighted by molar-refractivity contribution is -0.214. The van der Waals surface area contributed by atoms with Crippen molar-refractivity contribution < 1.29 is 45.0 Å². The summed E-state index contributed by atoms with van der Waals surface area (Å²) in [5, 5.41) is 0.467. The van der Waals surface area contributed by atoms with E-state index in [-0.39, 0.29) is 35.5 Å². The van der Waals surface area contributed by atoms with Gasteiger partial charge in [0.2, 0.25) is 0 Å². The lowest BCUT2D eigenvalue weighted by Crippen LogP contribution is -2.41. The van der Waals surface area contributed by atoms with Crippen molar-refractivity contribution >= 4 is 16.9 Å². The third kappa shape index (κ3) is 6.59. The van der Waals surface area contributed by atoms with Gasteiger partial charge in [0.15, 0.2) is 0 Å². The molecular formula is C29H28F6O4. The van der Waals surface area contributed by atoms with Crippen LogP contribution in [0.2, 0.25) is 0 Å². The molecule has 4 rings (SSSR count). The zero-order valence-electron chi connectivity index (χ0n) is 21.2. The van der Waals surface area contributed by atoms with Crippen LogP contribution in [0.1, 0.15) is 50.2 Å². The fourth-order valence-electron chi connectivity index (χ4n) is 4.98. The van der Waals surface area contributed by atoms with E-state index in [1.54, 1.807) is 6.07 Å². The van der Waals surface area contributed by atoms with Crippen LogP contribution in [0, 0.1) is 5.92 Å². The Balaban J connectivity index is 1.60. The highest BCUT2D eigenvalue weighted by molar-refractivity contribution is 5.84. The van der Waals surface area contributed by atoms with Crippen LogP contribution >= 0.6 is 0 Å². The summed E-state index contributed by atoms with van der Waals surface area (Å²) in [6.07, 6.45) is -8.10. The number of benzene rings is 2. The van der Waals surface area contributed by atoms with Gasteiger partial charge in [-0.3, -0.25) is 0 Å². The number of unbranched alkanes of at least 4 members (excludes halogenated alkanes) is 2. The van der Waals surface area contributed by atoms with Crippen molar-refractivity contribution in [3.63, 3.8) is 0 Å². The Labute approximate surface area is 221 Å². The summed E-state index contributed by atoms with van der Waals surface area (Å²) in [6.45, 7) is 5.22. The van der Waals surface area contributed by atoms with Gasteiger partial charge in [0, 0.05) is 23.1 Å². The average molecular weight is 555 g/mol. The Morgan fingerprint density at radius 1 is 1.03 bits per heavy atom. The summed E-state index contributed by atoms with van der Waals surface area (Å²) in [5.74, 6) is -2.96. The normalized spacial score (nSPS) is 19.8. The van der Waals surface area contributed by atoms with E-state index in [9.17, 15) is 31.1 Å². The van der Waals surface area contributed by atoms with Crippen molar-refractivity contribution in [2.24, 2.45) is 5.92 Å². The molecule has 3 aromatic rings. The molecule has 0 N–H and O–H groups in total. The van der Waals surface area contributed by atoms with Crippen molar-refractivity contribution in [3.05, 3.63) is 66.2 Å². The Morgan fingerprint density at radius 3 is 2.44 bits per heavy atom. The quantitative estimate of drug-likeness (QED) is 0.115. The maximum atomic E-state index is 13.9. The molecule has 1 aliphatic rings. The number of carbonyl (C=O) groups excluding carboxylic acids is 1. The lowest BCUT2D eigenvalue weighted by atomic mass is 9.98. The van der Waals surface area contributed by atoms with E-state index >= 15 is 0 Å². The molecule has 1 aliphatic carbocycles. The highest BCUT2D eigenvalue weighted by atomic mass is 19.4. The van der Waals surface area contributed by atoms with Gasteiger partial charge in [-0.05, 0) is 55.5 Å². The molecule has 0 saturated heterocycles. The molecule has 1 saturated carbocycles. The molecule has 1 aromatic heterocycles. The second kappa shape index (κ2) is 11.4. The van der Waals surface area contributed by atoms with Crippen LogP contribution in [-0.2, 0) is 22.1 Å². The third-order valence-corrected chi connectivity index (χ3v) is 6.85. The van der Waals surface area contributed by atoms with E-state index in [0.717, 1.165) is 31.4 Å². The predicted octanol–water partition coefficient (Wildman–Crippen LogP) is 8.67. The van der Waals surface area contributed by atoms with Gasteiger partial charge in [-0.2, -0.15) is 26.3 Å². The van der Waals surface area contributed by atoms with Gasteiger partial charge in [0.1, 0.15) is 35.2 Å². The standard InChI is InChI=1S/C29H28F6O4/c1-3-5-6-7-17-8-11-20(21(14-17)28(30,31)32)25-15-18-9-10-19(16-24(18)38-25)37-22-12-13-23(39-26(36)4-2)27(22)29(33,34)35/h4,8-11,14-16,22-23,27H,2-3,5-7,12-13H2,1H3. The first-order valence-electron chi connectivity index (χ1n) is 12.7. The summed E-state index contributed by atoms with van der Waals surface area (Å²) in [6, 6.07) is 9.92. The number of esters is 1. The minimum absolute atomic E-state index is 0.0136. The van der Waals surface area contributed by atoms with Crippen LogP contribution in [0.25, 0.3) is 22.3 Å². The molecule has 0 spiro atoms. The molecule has 3 unspecified atom stereocenters. The first-order chi connectivity index (χ1) is 18.4. The molecule has 2 aromatic carbocycles. The summed E-state index contributed by atoms with van der Waals surface area (Å²) >= 11 is 0. The second-order valence-electron chi connectivity index (χ2n) is 9.63. The smallest absolute Gasteiger partial charge is 0.417 e. The Bertz CT molecular complexity index is 1320. The van der Waals surface area contributed by atoms with Gasteiger partial charge in [0.25, 0.3) is 0 Å². The van der Waals surface area contributed by atoms with E-state index in [4.69, 9.17) is 13.9 Å². The molecular weight excluding hydrogens is 526 g/mol. The minimum Gasteiger partial charge on any atom is -0.489 e. The number of hydrogen-bond donors (Lipinski definition) is 0. The van der Waals surface area contributed by atoms with Gasteiger partial charge in [-0.1, -0.05) is 38.5 Å². The zero-order chi connectivity index (χ0) is 28.4. The highest BCUT2D eigenvalue weighted by Crippen LogP contribution is 2.44. The SMILES string of the molecule is C=CC(=O)OC1CCC(Oc2ccc3cc(-c4ccc(CCCCC)cc4C(F)(F)F)oc3c2)C1C(F)(F)F. The first kappa shape index (κ1) is 28.6. The van der Waals surface area contributed by atoms with Gasteiger partial charge in [0.05, 0.1) is 5.56 Å². The molecule has 210 valence electrons. The fraction of sp³-hybridized carbons (Fsp3) is 0.414. The second-order valence-corrected chi connectivity index (χ2v) is 9.63. The maximum Gasteiger partial charge on any atom is 0.417 e. The van der Waals surface area contributed by atoms with Crippen molar-refractivity contribution in [3.8, 4) is 17.1 Å². The lowest BCUT2D eigenvalue weighted by Gasteiger charge is -2.27. The van der Waals surface area contributed by atoms with Gasteiger partial charge < -0.3 is 13.9 Å². The molecule has 0 amide bonds. The monoisotopic (exact) mass is 554 g/mol. The summed E-state index contributed by atoms with van der Waals surface area (Å²) in [7, 11) is 0. The number of rotatable bonds is 9. The number of halogens is 6. The summed E-state index contributed by atoms with van der Waals surface area (Å²) in [4.78, 5) is 11.5. The van der Waals surface area contributed by atoms with Crippen molar-refractivity contribution in [2.45, 2.75) is 70.0 Å². The molecule has 1 fully saturated rings. The Kier molecular flexibility index (Phi) is 8.32. The molecule has 0 bridgehead atoms. The first-order valence-corrected chi connectivity index (χ1v) is 12.7. The molecule has 1 heterocycles. The molecule has 39 heavy (non-hydrogen) atoms. The van der Waals surface area contributed by atoms with Crippen LogP contribution < -0.4 is 4.74 Å². The molecule has 4 nitrogen and oxygen atoms in total. The van der Waals surface area contributed by atoms with E-state index in [2.05, 4.69) is 6.58 Å². The summed E-state index contributed by atoms with van der Waals surface area (Å²) in [5.41, 5.74) is -0.190. The van der Waals surface area contributed by atoms with Crippen molar-refractivity contribution in [1.29, 1.82) is 0 Å². The van der Waals surface area contributed by atoms with E-state index in [1.165, 1.54) is 30.3 Å². The topological polar surface area (TPSA) is 48.7 Å². The fourth-order valence-corrected chi connectivity index (χ4v) is 4.98. The Morgan fingerprint density at radius 2 is 1.77 bits per heavy atom. The molecule has 10 heteroatoms. The average Bonchev–Trinajstić information content (AvgIpc) is 3.47.